The molecule has 0 spiro atoms. The van der Waals surface area contributed by atoms with Crippen molar-refractivity contribution in [2.24, 2.45) is 0 Å². The predicted octanol–water partition coefficient (Wildman–Crippen LogP) is 6.76. The monoisotopic (exact) mass is 506 g/mol. The number of aryl methyl sites for hydroxylation is 1. The molecule has 0 bridgehead atoms. The highest BCUT2D eigenvalue weighted by Gasteiger charge is 2.30. The number of fused-ring (bicyclic) bond motifs is 1. The molecular weight excluding hydrogens is 489 g/mol. The lowest BCUT2D eigenvalue weighted by Gasteiger charge is -2.09. The molecule has 3 aromatic carbocycles. The molecule has 0 aliphatic heterocycles. The second kappa shape index (κ2) is 9.60. The Morgan fingerprint density at radius 3 is 2.53 bits per heavy atom. The smallest absolute Gasteiger partial charge is 0.416 e. The number of benzene rings is 3. The topological polar surface area (TPSA) is 64.4 Å². The molecular formula is C24H18ClF3N2O3S. The summed E-state index contributed by atoms with van der Waals surface area (Å²) in [6.45, 7) is 1.41. The van der Waals surface area contributed by atoms with Crippen LogP contribution in [0.5, 0.6) is 5.75 Å². The van der Waals surface area contributed by atoms with E-state index in [9.17, 15) is 18.0 Å². The Morgan fingerprint density at radius 1 is 1.15 bits per heavy atom. The van der Waals surface area contributed by atoms with Crippen LogP contribution in [0.4, 0.5) is 13.2 Å². The molecule has 5 nitrogen and oxygen atoms in total. The van der Waals surface area contributed by atoms with Gasteiger partial charge in [0, 0.05) is 16.0 Å². The van der Waals surface area contributed by atoms with E-state index in [0.717, 1.165) is 28.0 Å². The van der Waals surface area contributed by atoms with Gasteiger partial charge in [0.1, 0.15) is 5.75 Å². The second-order valence-corrected chi connectivity index (χ2v) is 8.89. The fourth-order valence-corrected chi connectivity index (χ4v) is 4.66. The first-order chi connectivity index (χ1) is 16.1. The second-order valence-electron chi connectivity index (χ2n) is 7.44. The van der Waals surface area contributed by atoms with E-state index in [-0.39, 0.29) is 0 Å². The lowest BCUT2D eigenvalue weighted by atomic mass is 10.2. The maximum absolute atomic E-state index is 12.9. The Kier molecular flexibility index (Phi) is 6.77. The van der Waals surface area contributed by atoms with Gasteiger partial charge < -0.3 is 9.84 Å². The van der Waals surface area contributed by atoms with Crippen molar-refractivity contribution in [1.82, 2.24) is 9.78 Å². The number of carboxylic acids is 1. The summed E-state index contributed by atoms with van der Waals surface area (Å²) in [6, 6.07) is 15.6. The molecule has 0 aliphatic rings. The van der Waals surface area contributed by atoms with E-state index >= 15 is 0 Å². The van der Waals surface area contributed by atoms with Crippen LogP contribution in [-0.4, -0.2) is 27.5 Å². The van der Waals surface area contributed by atoms with Crippen LogP contribution >= 0.6 is 23.4 Å². The summed E-state index contributed by atoms with van der Waals surface area (Å²) in [4.78, 5) is 11.6. The minimum absolute atomic E-state index is 0.417. The largest absolute Gasteiger partial charge is 0.482 e. The van der Waals surface area contributed by atoms with E-state index in [4.69, 9.17) is 21.4 Å². The third-order valence-electron chi connectivity index (χ3n) is 5.04. The van der Waals surface area contributed by atoms with Crippen molar-refractivity contribution >= 4 is 40.2 Å². The highest BCUT2D eigenvalue weighted by molar-refractivity contribution is 7.98. The van der Waals surface area contributed by atoms with Gasteiger partial charge in [0.2, 0.25) is 0 Å². The van der Waals surface area contributed by atoms with Crippen LogP contribution < -0.4 is 4.74 Å². The lowest BCUT2D eigenvalue weighted by Crippen LogP contribution is -2.09. The zero-order chi connectivity index (χ0) is 24.5. The number of halogens is 4. The van der Waals surface area contributed by atoms with E-state index in [2.05, 4.69) is 5.10 Å². The summed E-state index contributed by atoms with van der Waals surface area (Å²) in [7, 11) is 0. The van der Waals surface area contributed by atoms with E-state index < -0.39 is 24.3 Å². The van der Waals surface area contributed by atoms with E-state index in [1.165, 1.54) is 23.9 Å². The van der Waals surface area contributed by atoms with Crippen LogP contribution in [0.3, 0.4) is 0 Å². The molecule has 0 unspecified atom stereocenters. The summed E-state index contributed by atoms with van der Waals surface area (Å²) in [5.74, 6) is -0.0973. The van der Waals surface area contributed by atoms with E-state index in [1.807, 2.05) is 25.1 Å². The quantitative estimate of drug-likeness (QED) is 0.280. The first-order valence-corrected chi connectivity index (χ1v) is 11.4. The third kappa shape index (κ3) is 5.15. The van der Waals surface area contributed by atoms with Crippen LogP contribution in [0.25, 0.3) is 16.6 Å². The molecule has 0 fully saturated rings. The summed E-state index contributed by atoms with van der Waals surface area (Å²) in [5.41, 5.74) is 1.94. The standard InChI is InChI=1S/C24H18ClF3N2O3S/c1-14-11-17(9-10-21(14)33-12-22(31)32)34-13-19-23-18(25)3-2-4-20(23)30(29-19)16-7-5-15(6-8-16)24(26,27)28/h2-11H,12-13H2,1H3,(H,31,32). The van der Waals surface area contributed by atoms with Gasteiger partial charge in [-0.15, -0.1) is 11.8 Å². The molecule has 0 aliphatic carbocycles. The molecule has 1 heterocycles. The zero-order valence-electron chi connectivity index (χ0n) is 17.8. The van der Waals surface area contributed by atoms with Crippen LogP contribution in [0.2, 0.25) is 5.02 Å². The van der Waals surface area contributed by atoms with Crippen molar-refractivity contribution in [1.29, 1.82) is 0 Å². The molecule has 0 radical (unpaired) electrons. The molecule has 1 aromatic heterocycles. The number of carboxylic acid groups (broad SMARTS) is 1. The van der Waals surface area contributed by atoms with Crippen LogP contribution in [-0.2, 0) is 16.7 Å². The van der Waals surface area contributed by atoms with Crippen molar-refractivity contribution in [3.8, 4) is 11.4 Å². The molecule has 1 N–H and O–H groups in total. The number of rotatable bonds is 7. The van der Waals surface area contributed by atoms with Gasteiger partial charge in [-0.1, -0.05) is 17.7 Å². The Morgan fingerprint density at radius 2 is 1.88 bits per heavy atom. The molecule has 4 rings (SSSR count). The van der Waals surface area contributed by atoms with Crippen molar-refractivity contribution < 1.29 is 27.8 Å². The average Bonchev–Trinajstić information content (AvgIpc) is 3.16. The average molecular weight is 507 g/mol. The van der Waals surface area contributed by atoms with Crippen LogP contribution in [0, 0.1) is 6.92 Å². The Balaban J connectivity index is 1.61. The highest BCUT2D eigenvalue weighted by Crippen LogP contribution is 2.35. The molecule has 0 amide bonds. The predicted molar refractivity (Wildman–Crippen MR) is 125 cm³/mol. The Bertz CT molecular complexity index is 1350. The molecule has 34 heavy (non-hydrogen) atoms. The van der Waals surface area contributed by atoms with Gasteiger partial charge in [0.15, 0.2) is 6.61 Å². The number of aliphatic carboxylic acids is 1. The molecule has 176 valence electrons. The third-order valence-corrected chi connectivity index (χ3v) is 6.36. The van der Waals surface area contributed by atoms with Crippen LogP contribution in [0.1, 0.15) is 16.8 Å². The fourth-order valence-electron chi connectivity index (χ4n) is 3.45. The molecule has 10 heteroatoms. The van der Waals surface area contributed by atoms with Gasteiger partial charge in [0.25, 0.3) is 0 Å². The number of hydrogen-bond donors (Lipinski definition) is 1. The summed E-state index contributed by atoms with van der Waals surface area (Å²) >= 11 is 7.96. The molecule has 0 atom stereocenters. The van der Waals surface area contributed by atoms with Gasteiger partial charge in [0.05, 0.1) is 27.5 Å². The summed E-state index contributed by atoms with van der Waals surface area (Å²) < 4.78 is 45.7. The number of alkyl halides is 3. The first kappa shape index (κ1) is 24.0. The van der Waals surface area contributed by atoms with Crippen molar-refractivity contribution in [3.63, 3.8) is 0 Å². The highest BCUT2D eigenvalue weighted by atomic mass is 35.5. The SMILES string of the molecule is Cc1cc(SCc2nn(-c3ccc(C(F)(F)F)cc3)c3cccc(Cl)c23)ccc1OCC(=O)O. The number of hydrogen-bond acceptors (Lipinski definition) is 4. The van der Waals surface area contributed by atoms with E-state index in [0.29, 0.717) is 33.4 Å². The van der Waals surface area contributed by atoms with Gasteiger partial charge in [-0.05, 0) is 67.1 Å². The minimum Gasteiger partial charge on any atom is -0.482 e. The molecule has 4 aromatic rings. The Hall–Kier alpha value is -3.17. The number of aromatic nitrogens is 2. The number of nitrogens with zero attached hydrogens (tertiary/aromatic N) is 2. The fraction of sp³-hybridized carbons (Fsp3) is 0.167. The normalized spacial score (nSPS) is 11.7. The maximum atomic E-state index is 12.9. The van der Waals surface area contributed by atoms with Crippen LogP contribution in [0.15, 0.2) is 65.6 Å². The minimum atomic E-state index is -4.41. The number of carbonyl (C=O) groups is 1. The summed E-state index contributed by atoms with van der Waals surface area (Å²) in [6.07, 6.45) is -4.41. The zero-order valence-corrected chi connectivity index (χ0v) is 19.3. The maximum Gasteiger partial charge on any atom is 0.416 e. The molecule has 0 saturated heterocycles. The Labute approximate surface area is 202 Å². The first-order valence-electron chi connectivity index (χ1n) is 10.1. The van der Waals surface area contributed by atoms with Gasteiger partial charge >= 0.3 is 12.1 Å². The molecule has 0 saturated carbocycles. The van der Waals surface area contributed by atoms with Crippen molar-refractivity contribution in [2.75, 3.05) is 6.61 Å². The number of thioether (sulfide) groups is 1. The summed E-state index contributed by atoms with van der Waals surface area (Å²) in [5, 5.41) is 14.7. The lowest BCUT2D eigenvalue weighted by molar-refractivity contribution is -0.139. The van der Waals surface area contributed by atoms with E-state index in [1.54, 1.807) is 22.9 Å². The van der Waals surface area contributed by atoms with Gasteiger partial charge in [-0.2, -0.15) is 18.3 Å². The van der Waals surface area contributed by atoms with Crippen molar-refractivity contribution in [2.45, 2.75) is 23.7 Å². The van der Waals surface area contributed by atoms with Gasteiger partial charge in [-0.25, -0.2) is 9.48 Å². The number of ether oxygens (including phenoxy) is 1. The van der Waals surface area contributed by atoms with Crippen molar-refractivity contribution in [3.05, 3.63) is 82.5 Å². The van der Waals surface area contributed by atoms with Gasteiger partial charge in [-0.3, -0.25) is 0 Å².